The summed E-state index contributed by atoms with van der Waals surface area (Å²) in [5, 5.41) is 4.13. The highest BCUT2D eigenvalue weighted by atomic mass is 32.2. The lowest BCUT2D eigenvalue weighted by Crippen LogP contribution is -2.51. The van der Waals surface area contributed by atoms with Gasteiger partial charge in [-0.15, -0.1) is 0 Å². The van der Waals surface area contributed by atoms with Crippen molar-refractivity contribution in [2.24, 2.45) is 5.92 Å². The standard InChI is InChI=1S/C28H33N3O4S/c1-4-9-27(32)31-17-16-24(20(3)18-31)30-36(34,35)26-15-14-25(22-12-7-8-13-23(22)26)29-28(33)21-11-6-5-10-19(21)2/h5-8,10-15,20,24,30H,4,9,16-18H2,1-3H3,(H,29,33). The van der Waals surface area contributed by atoms with E-state index in [-0.39, 0.29) is 28.7 Å². The summed E-state index contributed by atoms with van der Waals surface area (Å²) in [5.41, 5.74) is 1.98. The molecule has 8 heteroatoms. The number of aryl methyl sites for hydroxylation is 1. The number of anilines is 1. The first-order valence-corrected chi connectivity index (χ1v) is 13.9. The van der Waals surface area contributed by atoms with Gasteiger partial charge in [0, 0.05) is 47.6 Å². The fraction of sp³-hybridized carbons (Fsp3) is 0.357. The van der Waals surface area contributed by atoms with Crippen LogP contribution in [0.15, 0.2) is 65.6 Å². The summed E-state index contributed by atoms with van der Waals surface area (Å²) in [6.45, 7) is 6.91. The van der Waals surface area contributed by atoms with E-state index in [2.05, 4.69) is 10.0 Å². The molecule has 1 fully saturated rings. The van der Waals surface area contributed by atoms with Gasteiger partial charge in [0.05, 0.1) is 4.90 Å². The van der Waals surface area contributed by atoms with Crippen molar-refractivity contribution in [2.75, 3.05) is 18.4 Å². The Hall–Kier alpha value is -3.23. The van der Waals surface area contributed by atoms with E-state index in [0.717, 1.165) is 12.0 Å². The van der Waals surface area contributed by atoms with E-state index >= 15 is 0 Å². The minimum atomic E-state index is -3.84. The molecule has 3 aromatic rings. The molecule has 3 aromatic carbocycles. The predicted molar refractivity (Wildman–Crippen MR) is 142 cm³/mol. The fourth-order valence-corrected chi connectivity index (χ4v) is 6.40. The van der Waals surface area contributed by atoms with E-state index in [1.807, 2.05) is 56.0 Å². The number of nitrogens with one attached hydrogen (secondary N) is 2. The van der Waals surface area contributed by atoms with Crippen LogP contribution in [0.1, 0.15) is 49.0 Å². The molecule has 190 valence electrons. The van der Waals surface area contributed by atoms with Crippen molar-refractivity contribution in [1.29, 1.82) is 0 Å². The summed E-state index contributed by atoms with van der Waals surface area (Å²) in [6, 6.07) is 17.4. The van der Waals surface area contributed by atoms with E-state index < -0.39 is 10.0 Å². The number of benzene rings is 3. The Bertz CT molecular complexity index is 1390. The van der Waals surface area contributed by atoms with Gasteiger partial charge < -0.3 is 10.2 Å². The summed E-state index contributed by atoms with van der Waals surface area (Å²) in [7, 11) is -3.84. The van der Waals surface area contributed by atoms with Crippen molar-refractivity contribution in [3.05, 3.63) is 71.8 Å². The van der Waals surface area contributed by atoms with Gasteiger partial charge in [-0.2, -0.15) is 0 Å². The van der Waals surface area contributed by atoms with Crippen molar-refractivity contribution in [3.8, 4) is 0 Å². The molecule has 0 aromatic heterocycles. The van der Waals surface area contributed by atoms with Gasteiger partial charge in [-0.05, 0) is 49.4 Å². The van der Waals surface area contributed by atoms with Crippen molar-refractivity contribution < 1.29 is 18.0 Å². The predicted octanol–water partition coefficient (Wildman–Crippen LogP) is 4.72. The quantitative estimate of drug-likeness (QED) is 0.484. The molecule has 1 saturated heterocycles. The maximum atomic E-state index is 13.5. The Morgan fingerprint density at radius 2 is 1.69 bits per heavy atom. The number of amides is 2. The zero-order valence-corrected chi connectivity index (χ0v) is 21.8. The van der Waals surface area contributed by atoms with Gasteiger partial charge in [-0.25, -0.2) is 13.1 Å². The lowest BCUT2D eigenvalue weighted by Gasteiger charge is -2.37. The molecule has 0 bridgehead atoms. The number of likely N-dealkylation sites (tertiary alicyclic amines) is 1. The molecule has 1 aliphatic heterocycles. The van der Waals surface area contributed by atoms with Crippen LogP contribution in [0.25, 0.3) is 10.8 Å². The summed E-state index contributed by atoms with van der Waals surface area (Å²) < 4.78 is 29.9. The zero-order chi connectivity index (χ0) is 25.9. The molecule has 0 saturated carbocycles. The first kappa shape index (κ1) is 25.9. The van der Waals surface area contributed by atoms with Crippen LogP contribution in [-0.4, -0.2) is 44.3 Å². The lowest BCUT2D eigenvalue weighted by atomic mass is 9.94. The van der Waals surface area contributed by atoms with Gasteiger partial charge in [0.25, 0.3) is 5.91 Å². The fourth-order valence-electron chi connectivity index (χ4n) is 4.81. The van der Waals surface area contributed by atoms with Gasteiger partial charge in [0.2, 0.25) is 15.9 Å². The smallest absolute Gasteiger partial charge is 0.255 e. The van der Waals surface area contributed by atoms with E-state index in [9.17, 15) is 18.0 Å². The molecule has 7 nitrogen and oxygen atoms in total. The highest BCUT2D eigenvalue weighted by Crippen LogP contribution is 2.31. The molecular weight excluding hydrogens is 474 g/mol. The Kier molecular flexibility index (Phi) is 7.76. The van der Waals surface area contributed by atoms with Gasteiger partial charge in [0.15, 0.2) is 0 Å². The molecule has 1 aliphatic rings. The van der Waals surface area contributed by atoms with Crippen molar-refractivity contribution in [2.45, 2.75) is 51.0 Å². The maximum absolute atomic E-state index is 13.5. The summed E-state index contributed by atoms with van der Waals surface area (Å²) in [5.74, 6) is -0.126. The number of fused-ring (bicyclic) bond motifs is 1. The van der Waals surface area contributed by atoms with Crippen LogP contribution in [0.3, 0.4) is 0 Å². The number of hydrogen-bond acceptors (Lipinski definition) is 4. The summed E-state index contributed by atoms with van der Waals surface area (Å²) in [6.07, 6.45) is 1.88. The second-order valence-electron chi connectivity index (χ2n) is 9.51. The Morgan fingerprint density at radius 1 is 1.00 bits per heavy atom. The normalized spacial score (nSPS) is 18.2. The number of rotatable bonds is 7. The van der Waals surface area contributed by atoms with E-state index in [1.165, 1.54) is 0 Å². The highest BCUT2D eigenvalue weighted by molar-refractivity contribution is 7.89. The highest BCUT2D eigenvalue weighted by Gasteiger charge is 2.32. The largest absolute Gasteiger partial charge is 0.342 e. The van der Waals surface area contributed by atoms with E-state index in [0.29, 0.717) is 48.0 Å². The molecule has 2 unspecified atom stereocenters. The maximum Gasteiger partial charge on any atom is 0.255 e. The number of sulfonamides is 1. The second-order valence-corrected chi connectivity index (χ2v) is 11.2. The van der Waals surface area contributed by atoms with Crippen LogP contribution < -0.4 is 10.0 Å². The number of piperidine rings is 1. The van der Waals surface area contributed by atoms with Crippen LogP contribution in [0, 0.1) is 12.8 Å². The molecule has 2 amide bonds. The van der Waals surface area contributed by atoms with Crippen LogP contribution in [0.4, 0.5) is 5.69 Å². The Morgan fingerprint density at radius 3 is 2.39 bits per heavy atom. The van der Waals surface area contributed by atoms with Crippen LogP contribution in [0.5, 0.6) is 0 Å². The molecule has 0 radical (unpaired) electrons. The van der Waals surface area contributed by atoms with Crippen molar-refractivity contribution in [1.82, 2.24) is 9.62 Å². The first-order valence-electron chi connectivity index (χ1n) is 12.4. The third-order valence-electron chi connectivity index (χ3n) is 6.84. The second kappa shape index (κ2) is 10.8. The van der Waals surface area contributed by atoms with Gasteiger partial charge in [0.1, 0.15) is 0 Å². The number of carbonyl (C=O) groups is 2. The number of carbonyl (C=O) groups excluding carboxylic acids is 2. The molecule has 1 heterocycles. The lowest BCUT2D eigenvalue weighted by molar-refractivity contribution is -0.133. The van der Waals surface area contributed by atoms with Crippen LogP contribution >= 0.6 is 0 Å². The summed E-state index contributed by atoms with van der Waals surface area (Å²) in [4.78, 5) is 27.2. The van der Waals surface area contributed by atoms with Crippen molar-refractivity contribution in [3.63, 3.8) is 0 Å². The van der Waals surface area contributed by atoms with Crippen LogP contribution in [-0.2, 0) is 14.8 Å². The van der Waals surface area contributed by atoms with Gasteiger partial charge >= 0.3 is 0 Å². The van der Waals surface area contributed by atoms with Gasteiger partial charge in [-0.3, -0.25) is 9.59 Å². The Balaban J connectivity index is 1.57. The minimum Gasteiger partial charge on any atom is -0.342 e. The average Bonchev–Trinajstić information content (AvgIpc) is 2.85. The number of hydrogen-bond donors (Lipinski definition) is 2. The molecule has 2 atom stereocenters. The first-order chi connectivity index (χ1) is 17.2. The van der Waals surface area contributed by atoms with Crippen molar-refractivity contribution >= 4 is 38.3 Å². The molecule has 0 aliphatic carbocycles. The molecule has 2 N–H and O–H groups in total. The SMILES string of the molecule is CCCC(=O)N1CCC(NS(=O)(=O)c2ccc(NC(=O)c3ccccc3C)c3ccccc23)C(C)C1. The number of nitrogens with zero attached hydrogens (tertiary/aromatic N) is 1. The average molecular weight is 508 g/mol. The van der Waals surface area contributed by atoms with E-state index in [4.69, 9.17) is 0 Å². The Labute approximate surface area is 212 Å². The zero-order valence-electron chi connectivity index (χ0n) is 21.0. The van der Waals surface area contributed by atoms with Crippen LogP contribution in [0.2, 0.25) is 0 Å². The third-order valence-corrected chi connectivity index (χ3v) is 8.39. The molecule has 36 heavy (non-hydrogen) atoms. The molecule has 4 rings (SSSR count). The summed E-state index contributed by atoms with van der Waals surface area (Å²) >= 11 is 0. The van der Waals surface area contributed by atoms with Gasteiger partial charge in [-0.1, -0.05) is 56.3 Å². The minimum absolute atomic E-state index is 0.00623. The monoisotopic (exact) mass is 507 g/mol. The molecule has 0 spiro atoms. The third kappa shape index (κ3) is 5.44. The van der Waals surface area contributed by atoms with E-state index in [1.54, 1.807) is 30.3 Å². The molecular formula is C28H33N3O4S. The topological polar surface area (TPSA) is 95.6 Å².